The maximum absolute atomic E-state index is 12.2. The number of amides is 1. The topological polar surface area (TPSA) is 49.9 Å². The van der Waals surface area contributed by atoms with E-state index < -0.39 is 5.60 Å². The van der Waals surface area contributed by atoms with Gasteiger partial charge in [-0.05, 0) is 47.1 Å². The lowest BCUT2D eigenvalue weighted by Gasteiger charge is -2.31. The number of nitrogens with zero attached hydrogens (tertiary/aromatic N) is 2. The molecule has 0 aromatic rings. The Morgan fingerprint density at radius 2 is 1.89 bits per heavy atom. The number of hydrogen-bond acceptors (Lipinski definition) is 4. The predicted octanol–water partition coefficient (Wildman–Crippen LogP) is 1.27. The lowest BCUT2D eigenvalue weighted by Crippen LogP contribution is -2.50. The summed E-state index contributed by atoms with van der Waals surface area (Å²) in [6, 6.07) is -0.576. The van der Waals surface area contributed by atoms with Gasteiger partial charge in [0.1, 0.15) is 11.6 Å². The molecule has 0 aliphatic carbocycles. The highest BCUT2D eigenvalue weighted by atomic mass is 16.6. The van der Waals surface area contributed by atoms with Crippen molar-refractivity contribution in [2.24, 2.45) is 0 Å². The fourth-order valence-electron chi connectivity index (χ4n) is 2.39. The molecule has 0 radical (unpaired) electrons. The fourth-order valence-corrected chi connectivity index (χ4v) is 2.39. The Kier molecular flexibility index (Phi) is 4.96. The van der Waals surface area contributed by atoms with Crippen LogP contribution in [0.4, 0.5) is 0 Å². The van der Waals surface area contributed by atoms with Gasteiger partial charge in [0.05, 0.1) is 6.04 Å². The minimum atomic E-state index is -0.486. The number of likely N-dealkylation sites (tertiary alicyclic amines) is 1. The standard InChI is InChI=1S/C14H26N2O3/c1-10(12(17)15(5)6)16-9-7-8-11(16)13(18)19-14(2,3)4/h10-11H,7-9H2,1-6H3/t10?,11-/m0/s1. The van der Waals surface area contributed by atoms with Crippen molar-refractivity contribution in [1.29, 1.82) is 0 Å². The van der Waals surface area contributed by atoms with Gasteiger partial charge in [0.15, 0.2) is 0 Å². The van der Waals surface area contributed by atoms with Crippen molar-refractivity contribution in [3.63, 3.8) is 0 Å². The predicted molar refractivity (Wildman–Crippen MR) is 73.7 cm³/mol. The molecule has 19 heavy (non-hydrogen) atoms. The molecule has 1 aliphatic heterocycles. The first kappa shape index (κ1) is 16.0. The van der Waals surface area contributed by atoms with Crippen LogP contribution in [0.5, 0.6) is 0 Å². The van der Waals surface area contributed by atoms with E-state index in [0.717, 1.165) is 19.4 Å². The third-order valence-corrected chi connectivity index (χ3v) is 3.27. The van der Waals surface area contributed by atoms with Crippen molar-refractivity contribution in [3.05, 3.63) is 0 Å². The summed E-state index contributed by atoms with van der Waals surface area (Å²) >= 11 is 0. The molecule has 1 aliphatic rings. The lowest BCUT2D eigenvalue weighted by atomic mass is 10.1. The van der Waals surface area contributed by atoms with E-state index in [1.807, 2.05) is 32.6 Å². The zero-order valence-electron chi connectivity index (χ0n) is 12.9. The number of carbonyl (C=O) groups excluding carboxylic acids is 2. The molecule has 1 unspecified atom stereocenters. The molecule has 0 bridgehead atoms. The van der Waals surface area contributed by atoms with Crippen molar-refractivity contribution in [2.75, 3.05) is 20.6 Å². The summed E-state index contributed by atoms with van der Waals surface area (Å²) < 4.78 is 5.44. The third kappa shape index (κ3) is 4.20. The van der Waals surface area contributed by atoms with Gasteiger partial charge in [-0.2, -0.15) is 0 Å². The van der Waals surface area contributed by atoms with Crippen LogP contribution in [0, 0.1) is 0 Å². The quantitative estimate of drug-likeness (QED) is 0.725. The smallest absolute Gasteiger partial charge is 0.323 e. The maximum atomic E-state index is 12.2. The molecule has 1 saturated heterocycles. The summed E-state index contributed by atoms with van der Waals surface area (Å²) in [6.45, 7) is 8.20. The van der Waals surface area contributed by atoms with Crippen LogP contribution in [0.2, 0.25) is 0 Å². The molecule has 1 heterocycles. The molecule has 0 aromatic heterocycles. The van der Waals surface area contributed by atoms with E-state index >= 15 is 0 Å². The second-order valence-corrected chi connectivity index (χ2v) is 6.34. The van der Waals surface area contributed by atoms with E-state index in [-0.39, 0.29) is 24.0 Å². The molecule has 1 amide bonds. The van der Waals surface area contributed by atoms with Gasteiger partial charge in [0.2, 0.25) is 5.91 Å². The molecular weight excluding hydrogens is 244 g/mol. The van der Waals surface area contributed by atoms with Crippen LogP contribution in [-0.2, 0) is 14.3 Å². The summed E-state index contributed by atoms with van der Waals surface area (Å²) in [5.41, 5.74) is -0.486. The maximum Gasteiger partial charge on any atom is 0.323 e. The van der Waals surface area contributed by atoms with Gasteiger partial charge in [-0.25, -0.2) is 0 Å². The Bertz CT molecular complexity index is 347. The number of hydrogen-bond donors (Lipinski definition) is 0. The Morgan fingerprint density at radius 3 is 2.37 bits per heavy atom. The van der Waals surface area contributed by atoms with Gasteiger partial charge in [0.25, 0.3) is 0 Å². The minimum absolute atomic E-state index is 0.0236. The average Bonchev–Trinajstić information content (AvgIpc) is 2.73. The molecule has 0 spiro atoms. The summed E-state index contributed by atoms with van der Waals surface area (Å²) in [5.74, 6) is -0.195. The Labute approximate surface area is 115 Å². The average molecular weight is 270 g/mol. The van der Waals surface area contributed by atoms with E-state index in [4.69, 9.17) is 4.74 Å². The Hall–Kier alpha value is -1.10. The van der Waals surface area contributed by atoms with Gasteiger partial charge in [-0.3, -0.25) is 14.5 Å². The van der Waals surface area contributed by atoms with E-state index in [0.29, 0.717) is 0 Å². The number of ether oxygens (including phenoxy) is 1. The molecular formula is C14H26N2O3. The first-order valence-electron chi connectivity index (χ1n) is 6.83. The van der Waals surface area contributed by atoms with E-state index in [9.17, 15) is 9.59 Å². The molecule has 110 valence electrons. The van der Waals surface area contributed by atoms with Crippen LogP contribution in [0.3, 0.4) is 0 Å². The first-order valence-corrected chi connectivity index (χ1v) is 6.83. The zero-order valence-corrected chi connectivity index (χ0v) is 12.9. The molecule has 5 nitrogen and oxygen atoms in total. The summed E-state index contributed by atoms with van der Waals surface area (Å²) in [4.78, 5) is 27.7. The monoisotopic (exact) mass is 270 g/mol. The number of likely N-dealkylation sites (N-methyl/N-ethyl adjacent to an activating group) is 1. The van der Waals surface area contributed by atoms with Crippen LogP contribution in [0.25, 0.3) is 0 Å². The van der Waals surface area contributed by atoms with Crippen molar-refractivity contribution in [2.45, 2.75) is 58.2 Å². The summed E-state index contributed by atoms with van der Waals surface area (Å²) in [7, 11) is 3.47. The molecule has 0 saturated carbocycles. The highest BCUT2D eigenvalue weighted by molar-refractivity contribution is 5.83. The highest BCUT2D eigenvalue weighted by Crippen LogP contribution is 2.23. The van der Waals surface area contributed by atoms with Gasteiger partial charge < -0.3 is 9.64 Å². The molecule has 2 atom stereocenters. The minimum Gasteiger partial charge on any atom is -0.459 e. The third-order valence-electron chi connectivity index (χ3n) is 3.27. The second kappa shape index (κ2) is 5.90. The molecule has 1 fully saturated rings. The van der Waals surface area contributed by atoms with E-state index in [2.05, 4.69) is 0 Å². The Balaban J connectivity index is 2.74. The Morgan fingerprint density at radius 1 is 1.32 bits per heavy atom. The van der Waals surface area contributed by atoms with Gasteiger partial charge in [-0.15, -0.1) is 0 Å². The number of carbonyl (C=O) groups is 2. The highest BCUT2D eigenvalue weighted by Gasteiger charge is 2.38. The van der Waals surface area contributed by atoms with Gasteiger partial charge in [0, 0.05) is 14.1 Å². The summed E-state index contributed by atoms with van der Waals surface area (Å²) in [6.07, 6.45) is 1.69. The number of esters is 1. The van der Waals surface area contributed by atoms with Crippen molar-refractivity contribution >= 4 is 11.9 Å². The fraction of sp³-hybridized carbons (Fsp3) is 0.857. The summed E-state index contributed by atoms with van der Waals surface area (Å²) in [5, 5.41) is 0. The van der Waals surface area contributed by atoms with Crippen LogP contribution in [-0.4, -0.2) is 60.0 Å². The SMILES string of the molecule is CC(C(=O)N(C)C)N1CCC[C@H]1C(=O)OC(C)(C)C. The van der Waals surface area contributed by atoms with E-state index in [1.54, 1.807) is 19.0 Å². The van der Waals surface area contributed by atoms with Crippen LogP contribution < -0.4 is 0 Å². The molecule has 1 rings (SSSR count). The second-order valence-electron chi connectivity index (χ2n) is 6.34. The number of rotatable bonds is 3. The van der Waals surface area contributed by atoms with Crippen molar-refractivity contribution in [3.8, 4) is 0 Å². The first-order chi connectivity index (χ1) is 8.63. The molecule has 0 N–H and O–H groups in total. The van der Waals surface area contributed by atoms with Crippen LogP contribution >= 0.6 is 0 Å². The van der Waals surface area contributed by atoms with Gasteiger partial charge >= 0.3 is 5.97 Å². The van der Waals surface area contributed by atoms with Crippen LogP contribution in [0.15, 0.2) is 0 Å². The molecule has 0 aromatic carbocycles. The normalized spacial score (nSPS) is 22.1. The van der Waals surface area contributed by atoms with E-state index in [1.165, 1.54) is 0 Å². The lowest BCUT2D eigenvalue weighted by molar-refractivity contribution is -0.161. The van der Waals surface area contributed by atoms with Crippen molar-refractivity contribution in [1.82, 2.24) is 9.80 Å². The largest absolute Gasteiger partial charge is 0.459 e. The zero-order chi connectivity index (χ0) is 14.8. The van der Waals surface area contributed by atoms with Gasteiger partial charge in [-0.1, -0.05) is 0 Å². The molecule has 5 heteroatoms. The van der Waals surface area contributed by atoms with Crippen LogP contribution in [0.1, 0.15) is 40.5 Å². The van der Waals surface area contributed by atoms with Crippen molar-refractivity contribution < 1.29 is 14.3 Å².